The van der Waals surface area contributed by atoms with Gasteiger partial charge in [0.2, 0.25) is 0 Å². The lowest BCUT2D eigenvalue weighted by Gasteiger charge is -2.27. The molecule has 0 unspecified atom stereocenters. The molecule has 2 aromatic rings. The number of nitrogens with zero attached hydrogens (tertiary/aromatic N) is 1. The minimum atomic E-state index is -1.54. The Morgan fingerprint density at radius 3 is 2.19 bits per heavy atom. The standard InChI is InChI=1S/C13H6Cl5NO2/c14-6-2-1-3-7(4-6)19(13(20)21)12-9(16)5-8(15)10(17)11(12)18/h1-5H,(H,20,21)/p-1. The van der Waals surface area contributed by atoms with Gasteiger partial charge < -0.3 is 9.90 Å². The van der Waals surface area contributed by atoms with E-state index in [0.717, 1.165) is 4.90 Å². The monoisotopic (exact) mass is 382 g/mol. The van der Waals surface area contributed by atoms with Gasteiger partial charge in [-0.05, 0) is 24.3 Å². The second-order valence-electron chi connectivity index (χ2n) is 3.90. The first-order valence-corrected chi connectivity index (χ1v) is 7.31. The third kappa shape index (κ3) is 3.33. The molecule has 0 aliphatic rings. The van der Waals surface area contributed by atoms with Crippen LogP contribution in [-0.2, 0) is 0 Å². The van der Waals surface area contributed by atoms with Crippen LogP contribution in [0.1, 0.15) is 0 Å². The quantitative estimate of drug-likeness (QED) is 0.511. The van der Waals surface area contributed by atoms with E-state index in [-0.39, 0.29) is 31.5 Å². The summed E-state index contributed by atoms with van der Waals surface area (Å²) >= 11 is 29.7. The number of amides is 1. The van der Waals surface area contributed by atoms with Crippen molar-refractivity contribution < 1.29 is 9.90 Å². The highest BCUT2D eigenvalue weighted by Gasteiger charge is 2.21. The molecule has 0 radical (unpaired) electrons. The van der Waals surface area contributed by atoms with E-state index in [1.807, 2.05) is 0 Å². The van der Waals surface area contributed by atoms with E-state index in [4.69, 9.17) is 58.0 Å². The topological polar surface area (TPSA) is 43.4 Å². The van der Waals surface area contributed by atoms with Gasteiger partial charge in [0.05, 0.1) is 25.8 Å². The van der Waals surface area contributed by atoms with E-state index in [9.17, 15) is 9.90 Å². The SMILES string of the molecule is O=C([O-])N(c1cccc(Cl)c1)c1c(Cl)cc(Cl)c(Cl)c1Cl. The lowest BCUT2D eigenvalue weighted by atomic mass is 10.2. The number of carbonyl (C=O) groups is 1. The Labute approximate surface area is 145 Å². The minimum Gasteiger partial charge on any atom is -0.529 e. The number of hydrogen-bond acceptors (Lipinski definition) is 2. The summed E-state index contributed by atoms with van der Waals surface area (Å²) in [4.78, 5) is 12.3. The molecule has 0 bridgehead atoms. The predicted octanol–water partition coefficient (Wildman–Crippen LogP) is 5.44. The molecule has 0 atom stereocenters. The van der Waals surface area contributed by atoms with Crippen LogP contribution in [0.4, 0.5) is 16.2 Å². The van der Waals surface area contributed by atoms with Crippen LogP contribution in [0.5, 0.6) is 0 Å². The van der Waals surface area contributed by atoms with Gasteiger partial charge >= 0.3 is 0 Å². The summed E-state index contributed by atoms with van der Waals surface area (Å²) in [6, 6.07) is 7.40. The highest BCUT2D eigenvalue weighted by Crippen LogP contribution is 2.45. The van der Waals surface area contributed by atoms with Crippen molar-refractivity contribution in [3.05, 3.63) is 55.4 Å². The molecular formula is C13H5Cl5NO2-. The third-order valence-electron chi connectivity index (χ3n) is 2.56. The molecule has 0 aliphatic carbocycles. The van der Waals surface area contributed by atoms with Gasteiger partial charge in [-0.3, -0.25) is 4.90 Å². The van der Waals surface area contributed by atoms with Crippen LogP contribution in [-0.4, -0.2) is 6.09 Å². The fourth-order valence-electron chi connectivity index (χ4n) is 1.70. The molecule has 21 heavy (non-hydrogen) atoms. The lowest BCUT2D eigenvalue weighted by molar-refractivity contribution is -0.245. The Balaban J connectivity index is 2.71. The van der Waals surface area contributed by atoms with Crippen molar-refractivity contribution in [1.29, 1.82) is 0 Å². The molecule has 110 valence electrons. The minimum absolute atomic E-state index is 0.00832. The molecule has 2 aromatic carbocycles. The van der Waals surface area contributed by atoms with Gasteiger partial charge in [-0.15, -0.1) is 0 Å². The fraction of sp³-hybridized carbons (Fsp3) is 0. The number of hydrogen-bond donors (Lipinski definition) is 0. The average molecular weight is 384 g/mol. The zero-order valence-electron chi connectivity index (χ0n) is 10.0. The van der Waals surface area contributed by atoms with E-state index in [1.54, 1.807) is 12.1 Å². The highest BCUT2D eigenvalue weighted by molar-refractivity contribution is 6.51. The molecule has 0 spiro atoms. The maximum absolute atomic E-state index is 11.5. The van der Waals surface area contributed by atoms with Gasteiger partial charge in [0, 0.05) is 10.7 Å². The van der Waals surface area contributed by atoms with E-state index in [2.05, 4.69) is 0 Å². The molecule has 0 fully saturated rings. The molecule has 2 rings (SSSR count). The number of anilines is 2. The number of carboxylic acid groups (broad SMARTS) is 1. The van der Waals surface area contributed by atoms with E-state index < -0.39 is 6.09 Å². The first-order chi connectivity index (χ1) is 9.82. The molecular weight excluding hydrogens is 379 g/mol. The molecule has 1 amide bonds. The maximum Gasteiger partial charge on any atom is 0.146 e. The van der Waals surface area contributed by atoms with Gasteiger partial charge in [-0.25, -0.2) is 0 Å². The highest BCUT2D eigenvalue weighted by atomic mass is 35.5. The number of carbonyl (C=O) groups excluding carboxylic acids is 1. The van der Waals surface area contributed by atoms with Gasteiger partial charge in [-0.2, -0.15) is 0 Å². The maximum atomic E-state index is 11.5. The molecule has 0 aliphatic heterocycles. The lowest BCUT2D eigenvalue weighted by Crippen LogP contribution is -2.38. The summed E-state index contributed by atoms with van der Waals surface area (Å²) in [6.07, 6.45) is -1.54. The Kier molecular flexibility index (Phi) is 5.12. The summed E-state index contributed by atoms with van der Waals surface area (Å²) in [6.45, 7) is 0. The van der Waals surface area contributed by atoms with Crippen molar-refractivity contribution >= 4 is 75.5 Å². The molecule has 0 heterocycles. The third-order valence-corrected chi connectivity index (χ3v) is 4.34. The molecule has 0 N–H and O–H groups in total. The second kappa shape index (κ2) is 6.51. The summed E-state index contributed by atoms with van der Waals surface area (Å²) in [5, 5.41) is 11.8. The van der Waals surface area contributed by atoms with Crippen molar-refractivity contribution in [2.75, 3.05) is 4.90 Å². The van der Waals surface area contributed by atoms with Crippen molar-refractivity contribution in [3.63, 3.8) is 0 Å². The molecule has 0 saturated heterocycles. The first kappa shape index (κ1) is 16.5. The Bertz CT molecular complexity index is 720. The number of benzene rings is 2. The Morgan fingerprint density at radius 1 is 0.952 bits per heavy atom. The van der Waals surface area contributed by atoms with Gasteiger partial charge in [0.1, 0.15) is 6.09 Å². The van der Waals surface area contributed by atoms with Crippen LogP contribution < -0.4 is 10.0 Å². The smallest absolute Gasteiger partial charge is 0.146 e. The van der Waals surface area contributed by atoms with Crippen LogP contribution in [0.25, 0.3) is 0 Å². The van der Waals surface area contributed by atoms with E-state index in [0.29, 0.717) is 5.02 Å². The second-order valence-corrected chi connectivity index (χ2v) is 5.90. The number of halogens is 5. The molecule has 8 heteroatoms. The van der Waals surface area contributed by atoms with Crippen LogP contribution in [0.15, 0.2) is 30.3 Å². The normalized spacial score (nSPS) is 10.5. The van der Waals surface area contributed by atoms with Gasteiger partial charge in [0.25, 0.3) is 0 Å². The van der Waals surface area contributed by atoms with Crippen molar-refractivity contribution in [2.24, 2.45) is 0 Å². The molecule has 3 nitrogen and oxygen atoms in total. The summed E-state index contributed by atoms with van der Waals surface area (Å²) < 4.78 is 0. The van der Waals surface area contributed by atoms with Crippen molar-refractivity contribution in [2.45, 2.75) is 0 Å². The van der Waals surface area contributed by atoms with Crippen LogP contribution in [0.3, 0.4) is 0 Å². The number of rotatable bonds is 2. The van der Waals surface area contributed by atoms with Crippen molar-refractivity contribution in [1.82, 2.24) is 0 Å². The summed E-state index contributed by atoms with van der Waals surface area (Å²) in [5.41, 5.74) is 0.166. The zero-order chi connectivity index (χ0) is 15.7. The van der Waals surface area contributed by atoms with Gasteiger partial charge in [0.15, 0.2) is 0 Å². The Morgan fingerprint density at radius 2 is 1.62 bits per heavy atom. The average Bonchev–Trinajstić information content (AvgIpc) is 2.40. The molecule has 0 aromatic heterocycles. The van der Waals surface area contributed by atoms with Crippen LogP contribution in [0.2, 0.25) is 25.1 Å². The molecule has 0 saturated carbocycles. The summed E-state index contributed by atoms with van der Waals surface area (Å²) in [5.74, 6) is 0. The van der Waals surface area contributed by atoms with Crippen molar-refractivity contribution in [3.8, 4) is 0 Å². The van der Waals surface area contributed by atoms with Crippen LogP contribution >= 0.6 is 58.0 Å². The summed E-state index contributed by atoms with van der Waals surface area (Å²) in [7, 11) is 0. The zero-order valence-corrected chi connectivity index (χ0v) is 13.8. The predicted molar refractivity (Wildman–Crippen MR) is 85.5 cm³/mol. The van der Waals surface area contributed by atoms with Gasteiger partial charge in [-0.1, -0.05) is 64.1 Å². The first-order valence-electron chi connectivity index (χ1n) is 5.42. The van der Waals surface area contributed by atoms with E-state index >= 15 is 0 Å². The van der Waals surface area contributed by atoms with E-state index in [1.165, 1.54) is 18.2 Å². The van der Waals surface area contributed by atoms with Crippen LogP contribution in [0, 0.1) is 0 Å². The fourth-order valence-corrected chi connectivity index (χ4v) is 2.96. The largest absolute Gasteiger partial charge is 0.529 e. The Hall–Kier alpha value is -0.840.